The third-order valence-electron chi connectivity index (χ3n) is 5.07. The first-order valence-electron chi connectivity index (χ1n) is 8.96. The van der Waals surface area contributed by atoms with Crippen molar-refractivity contribution in [2.24, 2.45) is 7.05 Å². The van der Waals surface area contributed by atoms with Crippen LogP contribution in [0.3, 0.4) is 0 Å². The molecule has 7 heteroatoms. The van der Waals surface area contributed by atoms with Gasteiger partial charge in [-0.3, -0.25) is 9.36 Å². The number of nitrogens with zero attached hydrogens (tertiary/aromatic N) is 5. The summed E-state index contributed by atoms with van der Waals surface area (Å²) in [5, 5.41) is 0. The van der Waals surface area contributed by atoms with E-state index in [4.69, 9.17) is 0 Å². The molecule has 0 aliphatic carbocycles. The van der Waals surface area contributed by atoms with Crippen molar-refractivity contribution < 1.29 is 4.39 Å². The summed E-state index contributed by atoms with van der Waals surface area (Å²) in [4.78, 5) is 27.3. The molecule has 138 valence electrons. The highest BCUT2D eigenvalue weighted by Crippen LogP contribution is 2.30. The second kappa shape index (κ2) is 7.26. The summed E-state index contributed by atoms with van der Waals surface area (Å²) in [5.74, 6) is 0.828. The van der Waals surface area contributed by atoms with E-state index < -0.39 is 0 Å². The zero-order valence-corrected chi connectivity index (χ0v) is 15.0. The van der Waals surface area contributed by atoms with Crippen LogP contribution in [0.5, 0.6) is 0 Å². The standard InChI is InChI=1S/C20H20FN5O/c1-25-19(27)12-18(17-6-9-22-13-23-17)24-20(25)26-10-7-15(8-11-26)14-2-4-16(21)5-3-14/h2-6,9,12-13,15H,7-8,10-11H2,1H3. The highest BCUT2D eigenvalue weighted by atomic mass is 19.1. The topological polar surface area (TPSA) is 63.9 Å². The van der Waals surface area contributed by atoms with Gasteiger partial charge in [0.2, 0.25) is 5.95 Å². The van der Waals surface area contributed by atoms with Crippen LogP contribution in [-0.4, -0.2) is 32.6 Å². The second-order valence-electron chi connectivity index (χ2n) is 6.75. The van der Waals surface area contributed by atoms with Crippen LogP contribution in [-0.2, 0) is 7.05 Å². The Morgan fingerprint density at radius 3 is 2.48 bits per heavy atom. The Hall–Kier alpha value is -3.09. The first-order chi connectivity index (χ1) is 13.1. The van der Waals surface area contributed by atoms with Crippen LogP contribution in [0.25, 0.3) is 11.4 Å². The molecule has 0 N–H and O–H groups in total. The van der Waals surface area contributed by atoms with Gasteiger partial charge in [0, 0.05) is 32.4 Å². The van der Waals surface area contributed by atoms with E-state index in [2.05, 4.69) is 19.9 Å². The smallest absolute Gasteiger partial charge is 0.255 e. The minimum Gasteiger partial charge on any atom is -0.342 e. The Kier molecular flexibility index (Phi) is 4.66. The van der Waals surface area contributed by atoms with Crippen molar-refractivity contribution in [2.45, 2.75) is 18.8 Å². The zero-order chi connectivity index (χ0) is 18.8. The molecule has 27 heavy (non-hydrogen) atoms. The summed E-state index contributed by atoms with van der Waals surface area (Å²) in [7, 11) is 1.74. The Labute approximate surface area is 156 Å². The third-order valence-corrected chi connectivity index (χ3v) is 5.07. The fourth-order valence-electron chi connectivity index (χ4n) is 3.53. The fraction of sp³-hybridized carbons (Fsp3) is 0.300. The van der Waals surface area contributed by atoms with Crippen molar-refractivity contribution in [1.29, 1.82) is 0 Å². The van der Waals surface area contributed by atoms with Gasteiger partial charge in [0.15, 0.2) is 0 Å². The zero-order valence-electron chi connectivity index (χ0n) is 15.0. The van der Waals surface area contributed by atoms with Crippen molar-refractivity contribution in [3.63, 3.8) is 0 Å². The van der Waals surface area contributed by atoms with Gasteiger partial charge in [-0.25, -0.2) is 19.3 Å². The van der Waals surface area contributed by atoms with E-state index in [0.29, 0.717) is 23.3 Å². The number of hydrogen-bond acceptors (Lipinski definition) is 5. The van der Waals surface area contributed by atoms with Crippen LogP contribution in [0.15, 0.2) is 53.7 Å². The summed E-state index contributed by atoms with van der Waals surface area (Å²) < 4.78 is 14.7. The number of hydrogen-bond donors (Lipinski definition) is 0. The van der Waals surface area contributed by atoms with Crippen LogP contribution in [0.1, 0.15) is 24.3 Å². The van der Waals surface area contributed by atoms with Crippen molar-refractivity contribution in [3.8, 4) is 11.4 Å². The van der Waals surface area contributed by atoms with Crippen LogP contribution < -0.4 is 10.5 Å². The van der Waals surface area contributed by atoms with Gasteiger partial charge < -0.3 is 4.90 Å². The predicted molar refractivity (Wildman–Crippen MR) is 101 cm³/mol. The molecule has 1 aliphatic heterocycles. The normalized spacial score (nSPS) is 15.1. The molecule has 1 aliphatic rings. The number of aromatic nitrogens is 4. The molecule has 0 saturated carbocycles. The second-order valence-corrected chi connectivity index (χ2v) is 6.75. The molecule has 0 spiro atoms. The number of rotatable bonds is 3. The maximum Gasteiger partial charge on any atom is 0.255 e. The molecule has 1 saturated heterocycles. The molecule has 3 heterocycles. The largest absolute Gasteiger partial charge is 0.342 e. The van der Waals surface area contributed by atoms with E-state index in [1.165, 1.54) is 24.5 Å². The molecular formula is C20H20FN5O. The summed E-state index contributed by atoms with van der Waals surface area (Å²) in [6, 6.07) is 9.98. The Morgan fingerprint density at radius 1 is 1.07 bits per heavy atom. The molecule has 1 fully saturated rings. The fourth-order valence-corrected chi connectivity index (χ4v) is 3.53. The lowest BCUT2D eigenvalue weighted by molar-refractivity contribution is 0.492. The average molecular weight is 365 g/mol. The summed E-state index contributed by atoms with van der Waals surface area (Å²) in [6.07, 6.45) is 4.94. The van der Waals surface area contributed by atoms with Gasteiger partial charge in [0.1, 0.15) is 12.1 Å². The molecule has 0 unspecified atom stereocenters. The van der Waals surface area contributed by atoms with Crippen molar-refractivity contribution in [2.75, 3.05) is 18.0 Å². The number of benzene rings is 1. The van der Waals surface area contributed by atoms with Gasteiger partial charge in [-0.05, 0) is 42.5 Å². The molecule has 0 amide bonds. The molecule has 0 bridgehead atoms. The van der Waals surface area contributed by atoms with Gasteiger partial charge in [-0.2, -0.15) is 0 Å². The van der Waals surface area contributed by atoms with Gasteiger partial charge in [-0.15, -0.1) is 0 Å². The quantitative estimate of drug-likeness (QED) is 0.714. The van der Waals surface area contributed by atoms with Crippen molar-refractivity contribution >= 4 is 5.95 Å². The lowest BCUT2D eigenvalue weighted by Crippen LogP contribution is -2.37. The maximum absolute atomic E-state index is 13.1. The summed E-state index contributed by atoms with van der Waals surface area (Å²) >= 11 is 0. The van der Waals surface area contributed by atoms with E-state index in [1.54, 1.807) is 23.9 Å². The number of piperidine rings is 1. The highest BCUT2D eigenvalue weighted by molar-refractivity contribution is 5.55. The molecule has 1 aromatic carbocycles. The molecule has 6 nitrogen and oxygen atoms in total. The van der Waals surface area contributed by atoms with Crippen LogP contribution in [0.2, 0.25) is 0 Å². The molecule has 4 rings (SSSR count). The minimum atomic E-state index is -0.211. The van der Waals surface area contributed by atoms with E-state index in [0.717, 1.165) is 31.5 Å². The van der Waals surface area contributed by atoms with Gasteiger partial charge in [-0.1, -0.05) is 12.1 Å². The SMILES string of the molecule is Cn1c(N2CCC(c3ccc(F)cc3)CC2)nc(-c2ccncn2)cc1=O. The van der Waals surface area contributed by atoms with Gasteiger partial charge >= 0.3 is 0 Å². The molecular weight excluding hydrogens is 345 g/mol. The van der Waals surface area contributed by atoms with Gasteiger partial charge in [0.25, 0.3) is 5.56 Å². The predicted octanol–water partition coefficient (Wildman–Crippen LogP) is 2.76. The van der Waals surface area contributed by atoms with Crippen LogP contribution in [0.4, 0.5) is 10.3 Å². The first kappa shape index (κ1) is 17.3. The minimum absolute atomic E-state index is 0.116. The lowest BCUT2D eigenvalue weighted by atomic mass is 9.89. The summed E-state index contributed by atoms with van der Waals surface area (Å²) in [6.45, 7) is 1.57. The molecule has 2 aromatic heterocycles. The van der Waals surface area contributed by atoms with Crippen molar-refractivity contribution in [3.05, 3.63) is 70.7 Å². The Balaban J connectivity index is 1.57. The van der Waals surface area contributed by atoms with E-state index >= 15 is 0 Å². The molecule has 0 radical (unpaired) electrons. The number of anilines is 1. The average Bonchev–Trinajstić information content (AvgIpc) is 2.71. The van der Waals surface area contributed by atoms with Crippen LogP contribution >= 0.6 is 0 Å². The Morgan fingerprint density at radius 2 is 1.81 bits per heavy atom. The van der Waals surface area contributed by atoms with E-state index in [1.807, 2.05) is 12.1 Å². The lowest BCUT2D eigenvalue weighted by Gasteiger charge is -2.33. The highest BCUT2D eigenvalue weighted by Gasteiger charge is 2.23. The van der Waals surface area contributed by atoms with Crippen LogP contribution in [0, 0.1) is 5.82 Å². The maximum atomic E-state index is 13.1. The van der Waals surface area contributed by atoms with Gasteiger partial charge in [0.05, 0.1) is 11.4 Å². The van der Waals surface area contributed by atoms with E-state index in [-0.39, 0.29) is 11.4 Å². The first-order valence-corrected chi connectivity index (χ1v) is 8.96. The molecule has 3 aromatic rings. The third kappa shape index (κ3) is 3.58. The molecule has 0 atom stereocenters. The van der Waals surface area contributed by atoms with Crippen molar-refractivity contribution in [1.82, 2.24) is 19.5 Å². The summed E-state index contributed by atoms with van der Waals surface area (Å²) in [5.41, 5.74) is 2.23. The monoisotopic (exact) mass is 365 g/mol. The van der Waals surface area contributed by atoms with E-state index in [9.17, 15) is 9.18 Å². The number of halogens is 1. The Bertz CT molecular complexity index is 980.